The van der Waals surface area contributed by atoms with E-state index in [4.69, 9.17) is 5.26 Å². The number of nitrogens with one attached hydrogen (secondary N) is 1. The van der Waals surface area contributed by atoms with Gasteiger partial charge < -0.3 is 10.2 Å². The number of aryl methyl sites for hydroxylation is 1. The largest absolute Gasteiger partial charge is 0.344 e. The van der Waals surface area contributed by atoms with E-state index >= 15 is 0 Å². The van der Waals surface area contributed by atoms with Gasteiger partial charge in [0.15, 0.2) is 0 Å². The average molecular weight is 375 g/mol. The monoisotopic (exact) mass is 375 g/mol. The molecule has 1 aliphatic rings. The first-order chi connectivity index (χ1) is 13.5. The number of benzene rings is 2. The Hall–Kier alpha value is -3.13. The van der Waals surface area contributed by atoms with Crippen molar-refractivity contribution < 1.29 is 9.59 Å². The Morgan fingerprint density at radius 2 is 1.96 bits per heavy atom. The van der Waals surface area contributed by atoms with Crippen molar-refractivity contribution in [2.75, 3.05) is 6.54 Å². The first-order valence-electron chi connectivity index (χ1n) is 9.60. The lowest BCUT2D eigenvalue weighted by Crippen LogP contribution is -2.41. The summed E-state index contributed by atoms with van der Waals surface area (Å²) in [5, 5.41) is 11.8. The van der Waals surface area contributed by atoms with Gasteiger partial charge in [0.25, 0.3) is 0 Å². The number of amides is 2. The number of nitriles is 1. The van der Waals surface area contributed by atoms with E-state index in [1.54, 1.807) is 17.0 Å². The Labute approximate surface area is 166 Å². The molecular formula is C23H25N3O2. The maximum absolute atomic E-state index is 12.6. The maximum Gasteiger partial charge on any atom is 0.245 e. The molecule has 3 rings (SSSR count). The quantitative estimate of drug-likeness (QED) is 0.842. The van der Waals surface area contributed by atoms with Gasteiger partial charge in [-0.1, -0.05) is 43.3 Å². The molecule has 1 saturated heterocycles. The minimum absolute atomic E-state index is 0.0405. The van der Waals surface area contributed by atoms with Crippen LogP contribution in [-0.4, -0.2) is 29.3 Å². The predicted octanol–water partition coefficient (Wildman–Crippen LogP) is 3.28. The molecule has 1 fully saturated rings. The molecule has 28 heavy (non-hydrogen) atoms. The third kappa shape index (κ3) is 4.58. The summed E-state index contributed by atoms with van der Waals surface area (Å²) in [6, 6.07) is 16.9. The van der Waals surface area contributed by atoms with Crippen LogP contribution in [0.2, 0.25) is 0 Å². The smallest absolute Gasteiger partial charge is 0.245 e. The van der Waals surface area contributed by atoms with Crippen molar-refractivity contribution in [1.82, 2.24) is 10.2 Å². The fraction of sp³-hybridized carbons (Fsp3) is 0.348. The number of rotatable bonds is 6. The van der Waals surface area contributed by atoms with E-state index in [0.29, 0.717) is 31.5 Å². The molecule has 2 aromatic rings. The first kappa shape index (κ1) is 19.6. The second kappa shape index (κ2) is 8.71. The van der Waals surface area contributed by atoms with Gasteiger partial charge in [0.05, 0.1) is 11.6 Å². The lowest BCUT2D eigenvalue weighted by atomic mass is 9.93. The fourth-order valence-electron chi connectivity index (χ4n) is 3.72. The van der Waals surface area contributed by atoms with Gasteiger partial charge in [0.1, 0.15) is 6.04 Å². The standard InChI is InChI=1S/C23H25N3O2/c1-16-5-3-4-6-20(16)17(2)13-22(27)25-21-11-12-26(23(21)28)15-19-9-7-18(14-24)8-10-19/h3-10,17,21H,11-13,15H2,1-2H3,(H,25,27). The summed E-state index contributed by atoms with van der Waals surface area (Å²) in [5.41, 5.74) is 3.92. The summed E-state index contributed by atoms with van der Waals surface area (Å²) < 4.78 is 0. The zero-order chi connectivity index (χ0) is 20.1. The second-order valence-corrected chi connectivity index (χ2v) is 7.44. The van der Waals surface area contributed by atoms with Gasteiger partial charge in [0.2, 0.25) is 11.8 Å². The number of carbonyl (C=O) groups excluding carboxylic acids is 2. The summed E-state index contributed by atoms with van der Waals surface area (Å²) in [6.45, 7) is 5.20. The highest BCUT2D eigenvalue weighted by Gasteiger charge is 2.32. The SMILES string of the molecule is Cc1ccccc1C(C)CC(=O)NC1CCN(Cc2ccc(C#N)cc2)C1=O. The molecule has 144 valence electrons. The minimum atomic E-state index is -0.449. The van der Waals surface area contributed by atoms with E-state index in [1.807, 2.05) is 50.2 Å². The van der Waals surface area contributed by atoms with Crippen LogP contribution in [0.5, 0.6) is 0 Å². The molecule has 1 aliphatic heterocycles. The third-order valence-corrected chi connectivity index (χ3v) is 5.30. The van der Waals surface area contributed by atoms with Gasteiger partial charge >= 0.3 is 0 Å². The normalized spacial score (nSPS) is 17.2. The number of likely N-dealkylation sites (tertiary alicyclic amines) is 1. The van der Waals surface area contributed by atoms with Crippen LogP contribution in [0.15, 0.2) is 48.5 Å². The summed E-state index contributed by atoms with van der Waals surface area (Å²) in [7, 11) is 0. The van der Waals surface area contributed by atoms with Crippen LogP contribution in [0.1, 0.15) is 47.9 Å². The summed E-state index contributed by atoms with van der Waals surface area (Å²) >= 11 is 0. The molecule has 0 spiro atoms. The van der Waals surface area contributed by atoms with Gasteiger partial charge in [-0.05, 0) is 48.1 Å². The van der Waals surface area contributed by atoms with Gasteiger partial charge in [-0.25, -0.2) is 0 Å². The lowest BCUT2D eigenvalue weighted by Gasteiger charge is -2.18. The van der Waals surface area contributed by atoms with E-state index in [2.05, 4.69) is 11.4 Å². The van der Waals surface area contributed by atoms with Crippen molar-refractivity contribution in [3.05, 3.63) is 70.8 Å². The van der Waals surface area contributed by atoms with E-state index < -0.39 is 6.04 Å². The van der Waals surface area contributed by atoms with Crippen molar-refractivity contribution in [2.45, 2.75) is 45.2 Å². The summed E-state index contributed by atoms with van der Waals surface area (Å²) in [6.07, 6.45) is 0.990. The van der Waals surface area contributed by atoms with E-state index in [1.165, 1.54) is 5.56 Å². The van der Waals surface area contributed by atoms with Crippen LogP contribution in [0.3, 0.4) is 0 Å². The van der Waals surface area contributed by atoms with E-state index in [-0.39, 0.29) is 17.7 Å². The molecule has 2 aromatic carbocycles. The maximum atomic E-state index is 12.6. The van der Waals surface area contributed by atoms with Crippen molar-refractivity contribution in [3.8, 4) is 6.07 Å². The van der Waals surface area contributed by atoms with Crippen LogP contribution >= 0.6 is 0 Å². The number of carbonyl (C=O) groups is 2. The average Bonchev–Trinajstić information content (AvgIpc) is 3.02. The van der Waals surface area contributed by atoms with Crippen molar-refractivity contribution >= 4 is 11.8 Å². The minimum Gasteiger partial charge on any atom is -0.344 e. The zero-order valence-electron chi connectivity index (χ0n) is 16.3. The fourth-order valence-corrected chi connectivity index (χ4v) is 3.72. The molecule has 0 saturated carbocycles. The van der Waals surface area contributed by atoms with Gasteiger partial charge in [-0.15, -0.1) is 0 Å². The third-order valence-electron chi connectivity index (χ3n) is 5.30. The topological polar surface area (TPSA) is 73.2 Å². The summed E-state index contributed by atoms with van der Waals surface area (Å²) in [5.74, 6) is -0.0250. The second-order valence-electron chi connectivity index (χ2n) is 7.44. The molecule has 1 heterocycles. The van der Waals surface area contributed by atoms with Gasteiger partial charge in [-0.3, -0.25) is 9.59 Å². The van der Waals surface area contributed by atoms with Gasteiger partial charge in [0, 0.05) is 19.5 Å². The number of hydrogen-bond acceptors (Lipinski definition) is 3. The molecule has 1 N–H and O–H groups in total. The highest BCUT2D eigenvalue weighted by molar-refractivity contribution is 5.89. The molecular weight excluding hydrogens is 350 g/mol. The van der Waals surface area contributed by atoms with Gasteiger partial charge in [-0.2, -0.15) is 5.26 Å². The Kier molecular flexibility index (Phi) is 6.10. The van der Waals surface area contributed by atoms with Crippen molar-refractivity contribution in [3.63, 3.8) is 0 Å². The lowest BCUT2D eigenvalue weighted by molar-refractivity contribution is -0.133. The number of nitrogens with zero attached hydrogens (tertiary/aromatic N) is 2. The molecule has 2 amide bonds. The Morgan fingerprint density at radius 3 is 2.64 bits per heavy atom. The molecule has 0 bridgehead atoms. The summed E-state index contributed by atoms with van der Waals surface area (Å²) in [4.78, 5) is 26.9. The highest BCUT2D eigenvalue weighted by atomic mass is 16.2. The van der Waals surface area contributed by atoms with Crippen LogP contribution in [0.4, 0.5) is 0 Å². The van der Waals surface area contributed by atoms with Crippen LogP contribution in [0, 0.1) is 18.3 Å². The Morgan fingerprint density at radius 1 is 1.25 bits per heavy atom. The van der Waals surface area contributed by atoms with Crippen LogP contribution in [-0.2, 0) is 16.1 Å². The Balaban J connectivity index is 1.53. The highest BCUT2D eigenvalue weighted by Crippen LogP contribution is 2.23. The zero-order valence-corrected chi connectivity index (χ0v) is 16.3. The number of hydrogen-bond donors (Lipinski definition) is 1. The molecule has 5 heteroatoms. The molecule has 2 atom stereocenters. The molecule has 5 nitrogen and oxygen atoms in total. The van der Waals surface area contributed by atoms with Crippen molar-refractivity contribution in [2.24, 2.45) is 0 Å². The molecule has 0 radical (unpaired) electrons. The Bertz CT molecular complexity index is 899. The van der Waals surface area contributed by atoms with Crippen molar-refractivity contribution in [1.29, 1.82) is 5.26 Å². The molecule has 0 aromatic heterocycles. The van der Waals surface area contributed by atoms with E-state index in [0.717, 1.165) is 11.1 Å². The first-order valence-corrected chi connectivity index (χ1v) is 9.60. The van der Waals surface area contributed by atoms with Crippen LogP contribution in [0.25, 0.3) is 0 Å². The molecule has 2 unspecified atom stereocenters. The van der Waals surface area contributed by atoms with Crippen LogP contribution < -0.4 is 5.32 Å². The van der Waals surface area contributed by atoms with E-state index in [9.17, 15) is 9.59 Å². The molecule has 0 aliphatic carbocycles. The predicted molar refractivity (Wildman–Crippen MR) is 107 cm³/mol.